The second-order valence-corrected chi connectivity index (χ2v) is 5.05. The normalized spacial score (nSPS) is 11.4. The minimum Gasteiger partial charge on any atom is -0.336 e. The molecule has 0 atom stereocenters. The molecule has 0 unspecified atom stereocenters. The van der Waals surface area contributed by atoms with Gasteiger partial charge in [0.25, 0.3) is 0 Å². The number of hydrogen-bond acceptors (Lipinski definition) is 2. The van der Waals surface area contributed by atoms with Crippen molar-refractivity contribution in [2.75, 3.05) is 5.32 Å². The molecule has 4 N–H and O–H groups in total. The summed E-state index contributed by atoms with van der Waals surface area (Å²) in [5.41, 5.74) is 7.41. The standard InChI is InChI=1S/C13H21N3O/c1-9(2)15-12(17)16-11-7-5-10(6-8-11)13(3,4)14/h5-9H,14H2,1-4H3,(H2,15,16,17). The van der Waals surface area contributed by atoms with E-state index in [0.29, 0.717) is 0 Å². The minimum atomic E-state index is -0.362. The fourth-order valence-electron chi connectivity index (χ4n) is 1.41. The molecule has 0 fully saturated rings. The average Bonchev–Trinajstić information content (AvgIpc) is 2.15. The Bertz CT molecular complexity index is 377. The van der Waals surface area contributed by atoms with E-state index < -0.39 is 0 Å². The molecule has 0 saturated carbocycles. The van der Waals surface area contributed by atoms with Crippen LogP contribution in [0.1, 0.15) is 33.3 Å². The SMILES string of the molecule is CC(C)NC(=O)Nc1ccc(C(C)(C)N)cc1. The molecule has 2 amide bonds. The van der Waals surface area contributed by atoms with Gasteiger partial charge in [-0.15, -0.1) is 0 Å². The average molecular weight is 235 g/mol. The Balaban J connectivity index is 2.66. The van der Waals surface area contributed by atoms with E-state index in [-0.39, 0.29) is 17.6 Å². The molecule has 1 aromatic rings. The summed E-state index contributed by atoms with van der Waals surface area (Å²) in [6.45, 7) is 7.72. The van der Waals surface area contributed by atoms with Crippen LogP contribution in [0.5, 0.6) is 0 Å². The molecular weight excluding hydrogens is 214 g/mol. The van der Waals surface area contributed by atoms with Crippen molar-refractivity contribution in [3.63, 3.8) is 0 Å². The fourth-order valence-corrected chi connectivity index (χ4v) is 1.41. The summed E-state index contributed by atoms with van der Waals surface area (Å²) < 4.78 is 0. The van der Waals surface area contributed by atoms with Crippen molar-refractivity contribution in [2.24, 2.45) is 5.73 Å². The van der Waals surface area contributed by atoms with Gasteiger partial charge in [0, 0.05) is 17.3 Å². The molecular formula is C13H21N3O. The van der Waals surface area contributed by atoms with Gasteiger partial charge in [-0.3, -0.25) is 0 Å². The molecule has 0 aliphatic heterocycles. The van der Waals surface area contributed by atoms with E-state index in [1.54, 1.807) is 0 Å². The van der Waals surface area contributed by atoms with E-state index in [0.717, 1.165) is 11.3 Å². The zero-order valence-electron chi connectivity index (χ0n) is 10.9. The molecule has 0 saturated heterocycles. The number of nitrogens with one attached hydrogen (secondary N) is 2. The summed E-state index contributed by atoms with van der Waals surface area (Å²) in [6, 6.07) is 7.47. The van der Waals surface area contributed by atoms with Crippen molar-refractivity contribution < 1.29 is 4.79 Å². The van der Waals surface area contributed by atoms with Gasteiger partial charge in [-0.1, -0.05) is 12.1 Å². The van der Waals surface area contributed by atoms with Crippen molar-refractivity contribution >= 4 is 11.7 Å². The molecule has 1 aromatic carbocycles. The Morgan fingerprint density at radius 1 is 1.24 bits per heavy atom. The van der Waals surface area contributed by atoms with Gasteiger partial charge >= 0.3 is 6.03 Å². The first-order valence-corrected chi connectivity index (χ1v) is 5.76. The van der Waals surface area contributed by atoms with Gasteiger partial charge in [0.1, 0.15) is 0 Å². The summed E-state index contributed by atoms with van der Waals surface area (Å²) in [7, 11) is 0. The third kappa shape index (κ3) is 4.44. The summed E-state index contributed by atoms with van der Waals surface area (Å²) in [6.07, 6.45) is 0. The highest BCUT2D eigenvalue weighted by Crippen LogP contribution is 2.18. The summed E-state index contributed by atoms with van der Waals surface area (Å²) in [5, 5.41) is 5.52. The number of carbonyl (C=O) groups excluding carboxylic acids is 1. The van der Waals surface area contributed by atoms with Crippen LogP contribution < -0.4 is 16.4 Å². The lowest BCUT2D eigenvalue weighted by molar-refractivity contribution is 0.250. The van der Waals surface area contributed by atoms with E-state index in [9.17, 15) is 4.79 Å². The largest absolute Gasteiger partial charge is 0.336 e. The van der Waals surface area contributed by atoms with Gasteiger partial charge in [-0.25, -0.2) is 4.79 Å². The summed E-state index contributed by atoms with van der Waals surface area (Å²) in [4.78, 5) is 11.5. The zero-order chi connectivity index (χ0) is 13.1. The maximum Gasteiger partial charge on any atom is 0.319 e. The van der Waals surface area contributed by atoms with Gasteiger partial charge in [-0.05, 0) is 45.4 Å². The predicted octanol–water partition coefficient (Wildman–Crippen LogP) is 2.41. The highest BCUT2D eigenvalue weighted by atomic mass is 16.2. The second-order valence-electron chi connectivity index (χ2n) is 5.05. The maximum absolute atomic E-state index is 11.5. The third-order valence-corrected chi connectivity index (χ3v) is 2.31. The number of hydrogen-bond donors (Lipinski definition) is 3. The molecule has 0 aliphatic carbocycles. The second kappa shape index (κ2) is 5.19. The van der Waals surface area contributed by atoms with Crippen molar-refractivity contribution in [2.45, 2.75) is 39.3 Å². The molecule has 0 radical (unpaired) electrons. The number of amides is 2. The van der Waals surface area contributed by atoms with Gasteiger partial charge in [0.15, 0.2) is 0 Å². The molecule has 0 spiro atoms. The van der Waals surface area contributed by atoms with E-state index in [1.165, 1.54) is 0 Å². The first-order valence-electron chi connectivity index (χ1n) is 5.76. The Morgan fingerprint density at radius 3 is 2.18 bits per heavy atom. The van der Waals surface area contributed by atoms with Crippen molar-refractivity contribution in [3.05, 3.63) is 29.8 Å². The number of nitrogens with two attached hydrogens (primary N) is 1. The number of anilines is 1. The topological polar surface area (TPSA) is 67.2 Å². The number of carbonyl (C=O) groups is 1. The molecule has 0 aromatic heterocycles. The first-order chi connectivity index (χ1) is 7.79. The lowest BCUT2D eigenvalue weighted by Crippen LogP contribution is -2.34. The van der Waals surface area contributed by atoms with Crippen LogP contribution in [0.2, 0.25) is 0 Å². The Morgan fingerprint density at radius 2 is 1.76 bits per heavy atom. The zero-order valence-corrected chi connectivity index (χ0v) is 10.9. The van der Waals surface area contributed by atoms with Crippen LogP contribution in [0.15, 0.2) is 24.3 Å². The van der Waals surface area contributed by atoms with E-state index in [4.69, 9.17) is 5.73 Å². The highest BCUT2D eigenvalue weighted by Gasteiger charge is 2.13. The van der Waals surface area contributed by atoms with E-state index in [2.05, 4.69) is 10.6 Å². The summed E-state index contributed by atoms with van der Waals surface area (Å²) >= 11 is 0. The van der Waals surface area contributed by atoms with Crippen molar-refractivity contribution in [1.82, 2.24) is 5.32 Å². The van der Waals surface area contributed by atoms with Gasteiger partial charge in [-0.2, -0.15) is 0 Å². The molecule has 0 aliphatic rings. The van der Waals surface area contributed by atoms with Crippen molar-refractivity contribution in [3.8, 4) is 0 Å². The van der Waals surface area contributed by atoms with Gasteiger partial charge in [0.2, 0.25) is 0 Å². The van der Waals surface area contributed by atoms with Crippen LogP contribution in [0.4, 0.5) is 10.5 Å². The fraction of sp³-hybridized carbons (Fsp3) is 0.462. The Kier molecular flexibility index (Phi) is 4.12. The number of benzene rings is 1. The highest BCUT2D eigenvalue weighted by molar-refractivity contribution is 5.89. The van der Waals surface area contributed by atoms with Crippen LogP contribution in [-0.2, 0) is 5.54 Å². The number of rotatable bonds is 3. The Labute approximate surface area is 103 Å². The van der Waals surface area contributed by atoms with Crippen LogP contribution in [0.25, 0.3) is 0 Å². The quantitative estimate of drug-likeness (QED) is 0.753. The molecule has 4 heteroatoms. The molecule has 1 rings (SSSR count). The van der Waals surface area contributed by atoms with E-state index >= 15 is 0 Å². The molecule has 4 nitrogen and oxygen atoms in total. The van der Waals surface area contributed by atoms with Crippen LogP contribution in [0, 0.1) is 0 Å². The smallest absolute Gasteiger partial charge is 0.319 e. The van der Waals surface area contributed by atoms with Gasteiger partial charge < -0.3 is 16.4 Å². The predicted molar refractivity (Wildman–Crippen MR) is 70.9 cm³/mol. The first kappa shape index (κ1) is 13.5. The molecule has 94 valence electrons. The Hall–Kier alpha value is -1.55. The van der Waals surface area contributed by atoms with Crippen LogP contribution >= 0.6 is 0 Å². The molecule has 17 heavy (non-hydrogen) atoms. The third-order valence-electron chi connectivity index (χ3n) is 2.31. The maximum atomic E-state index is 11.5. The lowest BCUT2D eigenvalue weighted by Gasteiger charge is -2.19. The molecule has 0 heterocycles. The number of urea groups is 1. The van der Waals surface area contributed by atoms with Crippen molar-refractivity contribution in [1.29, 1.82) is 0 Å². The van der Waals surface area contributed by atoms with Gasteiger partial charge in [0.05, 0.1) is 0 Å². The molecule has 0 bridgehead atoms. The lowest BCUT2D eigenvalue weighted by atomic mass is 9.96. The minimum absolute atomic E-state index is 0.122. The van der Waals surface area contributed by atoms with Crippen LogP contribution in [-0.4, -0.2) is 12.1 Å². The van der Waals surface area contributed by atoms with Crippen LogP contribution in [0.3, 0.4) is 0 Å². The summed E-state index contributed by atoms with van der Waals surface area (Å²) in [5.74, 6) is 0. The monoisotopic (exact) mass is 235 g/mol. The van der Waals surface area contributed by atoms with E-state index in [1.807, 2.05) is 52.0 Å².